The minimum Gasteiger partial charge on any atom is -0.325 e. The van der Waals surface area contributed by atoms with Crippen molar-refractivity contribution in [1.82, 2.24) is 4.31 Å². The van der Waals surface area contributed by atoms with E-state index in [0.717, 1.165) is 4.31 Å². The van der Waals surface area contributed by atoms with Crippen molar-refractivity contribution < 1.29 is 22.4 Å². The van der Waals surface area contributed by atoms with Crippen LogP contribution in [0.4, 0.5) is 15.8 Å². The van der Waals surface area contributed by atoms with Crippen molar-refractivity contribution in [2.24, 2.45) is 0 Å². The van der Waals surface area contributed by atoms with Crippen LogP contribution in [-0.4, -0.2) is 38.1 Å². The van der Waals surface area contributed by atoms with Crippen LogP contribution in [-0.2, 0) is 19.6 Å². The van der Waals surface area contributed by atoms with Gasteiger partial charge in [0, 0.05) is 18.4 Å². The lowest BCUT2D eigenvalue weighted by atomic mass is 10.0. The van der Waals surface area contributed by atoms with Gasteiger partial charge in [-0.2, -0.15) is 4.31 Å². The third-order valence-electron chi connectivity index (χ3n) is 4.34. The zero-order chi connectivity index (χ0) is 19.8. The van der Waals surface area contributed by atoms with E-state index in [0.29, 0.717) is 16.9 Å². The van der Waals surface area contributed by atoms with Crippen LogP contribution in [0.25, 0.3) is 0 Å². The van der Waals surface area contributed by atoms with Crippen LogP contribution in [0.15, 0.2) is 47.4 Å². The molecule has 0 spiro atoms. The molecule has 142 valence electrons. The lowest BCUT2D eigenvalue weighted by Gasteiger charge is -2.17. The molecule has 0 radical (unpaired) electrons. The van der Waals surface area contributed by atoms with Crippen molar-refractivity contribution in [3.05, 3.63) is 53.8 Å². The van der Waals surface area contributed by atoms with Gasteiger partial charge in [0.25, 0.3) is 0 Å². The second-order valence-corrected chi connectivity index (χ2v) is 8.32. The lowest BCUT2D eigenvalue weighted by Crippen LogP contribution is -2.35. The largest absolute Gasteiger partial charge is 0.325 e. The van der Waals surface area contributed by atoms with Gasteiger partial charge < -0.3 is 10.6 Å². The lowest BCUT2D eigenvalue weighted by molar-refractivity contribution is -0.117. The molecule has 2 aromatic carbocycles. The minimum absolute atomic E-state index is 0.00156. The highest BCUT2D eigenvalue weighted by molar-refractivity contribution is 7.89. The molecule has 1 aliphatic rings. The number of nitrogens with one attached hydrogen (secondary N) is 2. The second-order valence-electron chi connectivity index (χ2n) is 6.28. The molecule has 27 heavy (non-hydrogen) atoms. The highest BCUT2D eigenvalue weighted by Crippen LogP contribution is 2.34. The highest BCUT2D eigenvalue weighted by atomic mass is 32.2. The number of nitrogens with zero attached hydrogens (tertiary/aromatic N) is 1. The van der Waals surface area contributed by atoms with Gasteiger partial charge in [-0.25, -0.2) is 12.8 Å². The third kappa shape index (κ3) is 3.83. The van der Waals surface area contributed by atoms with E-state index in [1.54, 1.807) is 6.92 Å². The van der Waals surface area contributed by atoms with Crippen molar-refractivity contribution in [3.8, 4) is 0 Å². The highest BCUT2D eigenvalue weighted by Gasteiger charge is 2.30. The first kappa shape index (κ1) is 19.0. The van der Waals surface area contributed by atoms with Crippen molar-refractivity contribution >= 4 is 33.2 Å². The Bertz CT molecular complexity index is 1010. The number of anilines is 2. The Kier molecular flexibility index (Phi) is 4.99. The van der Waals surface area contributed by atoms with Crippen LogP contribution < -0.4 is 10.6 Å². The number of likely N-dealkylation sites (N-methyl/N-ethyl adjacent to an activating group) is 1. The maximum atomic E-state index is 12.9. The average molecular weight is 391 g/mol. The molecule has 0 aliphatic carbocycles. The molecule has 0 aromatic heterocycles. The number of hydrogen-bond donors (Lipinski definition) is 2. The number of amides is 2. The first-order valence-corrected chi connectivity index (χ1v) is 9.59. The molecule has 0 saturated heterocycles. The fraction of sp³-hybridized carbons (Fsp3) is 0.222. The number of benzene rings is 2. The van der Waals surface area contributed by atoms with Crippen molar-refractivity contribution in [3.63, 3.8) is 0 Å². The van der Waals surface area contributed by atoms with E-state index in [1.165, 1.54) is 49.5 Å². The van der Waals surface area contributed by atoms with E-state index in [9.17, 15) is 22.4 Å². The Morgan fingerprint density at radius 3 is 2.56 bits per heavy atom. The Morgan fingerprint density at radius 1 is 1.22 bits per heavy atom. The van der Waals surface area contributed by atoms with Gasteiger partial charge in [0.15, 0.2) is 0 Å². The molecule has 1 heterocycles. The summed E-state index contributed by atoms with van der Waals surface area (Å²) in [6, 6.07) is 9.52. The van der Waals surface area contributed by atoms with E-state index >= 15 is 0 Å². The van der Waals surface area contributed by atoms with Gasteiger partial charge in [0.05, 0.1) is 17.4 Å². The number of rotatable bonds is 5. The van der Waals surface area contributed by atoms with Crippen LogP contribution in [0.2, 0.25) is 0 Å². The zero-order valence-electron chi connectivity index (χ0n) is 14.7. The molecule has 2 aromatic rings. The SMILES string of the molecule is C[C@H]1C(=O)Nc2ccc(S(=O)(=O)N(C)CC(=O)Nc3ccc(F)cc3)cc21. The summed E-state index contributed by atoms with van der Waals surface area (Å²) in [7, 11) is -2.63. The summed E-state index contributed by atoms with van der Waals surface area (Å²) in [5.74, 6) is -1.63. The van der Waals surface area contributed by atoms with E-state index in [1.807, 2.05) is 0 Å². The van der Waals surface area contributed by atoms with Crippen LogP contribution in [0, 0.1) is 5.82 Å². The fourth-order valence-corrected chi connectivity index (χ4v) is 3.92. The molecule has 0 unspecified atom stereocenters. The molecule has 7 nitrogen and oxygen atoms in total. The van der Waals surface area contributed by atoms with Gasteiger partial charge in [0.1, 0.15) is 5.82 Å². The topological polar surface area (TPSA) is 95.6 Å². The molecule has 3 rings (SSSR count). The van der Waals surface area contributed by atoms with Crippen molar-refractivity contribution in [1.29, 1.82) is 0 Å². The maximum absolute atomic E-state index is 12.9. The molecule has 0 fully saturated rings. The van der Waals surface area contributed by atoms with Crippen molar-refractivity contribution in [2.75, 3.05) is 24.2 Å². The zero-order valence-corrected chi connectivity index (χ0v) is 15.5. The quantitative estimate of drug-likeness (QED) is 0.816. The summed E-state index contributed by atoms with van der Waals surface area (Å²) in [4.78, 5) is 23.8. The van der Waals surface area contributed by atoms with Gasteiger partial charge in [-0.05, 0) is 55.0 Å². The summed E-state index contributed by atoms with van der Waals surface area (Å²) in [6.07, 6.45) is 0. The Balaban J connectivity index is 1.74. The summed E-state index contributed by atoms with van der Waals surface area (Å²) in [5.41, 5.74) is 1.55. The molecule has 0 bridgehead atoms. The Morgan fingerprint density at radius 2 is 1.89 bits per heavy atom. The van der Waals surface area contributed by atoms with Gasteiger partial charge >= 0.3 is 0 Å². The first-order chi connectivity index (χ1) is 12.7. The van der Waals surface area contributed by atoms with Crippen LogP contribution in [0.5, 0.6) is 0 Å². The number of carbonyl (C=O) groups is 2. The Labute approximate surface area is 156 Å². The van der Waals surface area contributed by atoms with Gasteiger partial charge in [-0.3, -0.25) is 9.59 Å². The summed E-state index contributed by atoms with van der Waals surface area (Å²) < 4.78 is 39.3. The molecule has 1 aliphatic heterocycles. The average Bonchev–Trinajstić information content (AvgIpc) is 2.90. The summed E-state index contributed by atoms with van der Waals surface area (Å²) in [5, 5.41) is 5.19. The van der Waals surface area contributed by atoms with Gasteiger partial charge in [-0.1, -0.05) is 0 Å². The normalized spacial score (nSPS) is 16.1. The van der Waals surface area contributed by atoms with E-state index in [2.05, 4.69) is 10.6 Å². The predicted molar refractivity (Wildman–Crippen MR) is 98.3 cm³/mol. The summed E-state index contributed by atoms with van der Waals surface area (Å²) in [6.45, 7) is 1.28. The first-order valence-electron chi connectivity index (χ1n) is 8.15. The van der Waals surface area contributed by atoms with Crippen LogP contribution in [0.1, 0.15) is 18.4 Å². The minimum atomic E-state index is -3.92. The molecule has 9 heteroatoms. The molecule has 2 amide bonds. The molecule has 2 N–H and O–H groups in total. The maximum Gasteiger partial charge on any atom is 0.243 e. The van der Waals surface area contributed by atoms with Crippen LogP contribution >= 0.6 is 0 Å². The van der Waals surface area contributed by atoms with Crippen LogP contribution in [0.3, 0.4) is 0 Å². The predicted octanol–water partition coefficient (Wildman–Crippen LogP) is 2.14. The number of sulfonamides is 1. The second kappa shape index (κ2) is 7.09. The van der Waals surface area contributed by atoms with Gasteiger partial charge in [-0.15, -0.1) is 0 Å². The van der Waals surface area contributed by atoms with E-state index in [-0.39, 0.29) is 10.8 Å². The van der Waals surface area contributed by atoms with Crippen molar-refractivity contribution in [2.45, 2.75) is 17.7 Å². The number of carbonyl (C=O) groups excluding carboxylic acids is 2. The molecular formula is C18H18FN3O4S. The molecule has 0 saturated carbocycles. The third-order valence-corrected chi connectivity index (χ3v) is 6.14. The monoisotopic (exact) mass is 391 g/mol. The van der Waals surface area contributed by atoms with Gasteiger partial charge in [0.2, 0.25) is 21.8 Å². The Hall–Kier alpha value is -2.78. The smallest absolute Gasteiger partial charge is 0.243 e. The standard InChI is InChI=1S/C18H18FN3O4S/c1-11-15-9-14(7-8-16(15)21-18(11)24)27(25,26)22(2)10-17(23)20-13-5-3-12(19)4-6-13/h3-9,11H,10H2,1-2H3,(H,20,23)(H,21,24)/t11-/m1/s1. The summed E-state index contributed by atoms with van der Waals surface area (Å²) >= 11 is 0. The number of halogens is 1. The van der Waals surface area contributed by atoms with E-state index in [4.69, 9.17) is 0 Å². The van der Waals surface area contributed by atoms with E-state index < -0.39 is 34.2 Å². The fourth-order valence-electron chi connectivity index (χ4n) is 2.76. The molecular weight excluding hydrogens is 373 g/mol. The molecule has 1 atom stereocenters. The number of fused-ring (bicyclic) bond motifs is 1. The number of hydrogen-bond acceptors (Lipinski definition) is 4.